The number of carbonyl (C=O) groups excluding carboxylic acids is 3. The maximum atomic E-state index is 13.0. The molecule has 0 aliphatic rings. The monoisotopic (exact) mass is 517 g/mol. The summed E-state index contributed by atoms with van der Waals surface area (Å²) in [5.41, 5.74) is 9.10. The maximum absolute atomic E-state index is 13.0. The number of rotatable bonds is 12. The van der Waals surface area contributed by atoms with Crippen LogP contribution in [0.4, 0.5) is 5.69 Å². The lowest BCUT2D eigenvalue weighted by molar-refractivity contribution is -0.117. The average Bonchev–Trinajstić information content (AvgIpc) is 2.92. The molecule has 0 saturated carbocycles. The van der Waals surface area contributed by atoms with Crippen LogP contribution in [-0.2, 0) is 34.0 Å². The predicted molar refractivity (Wildman–Crippen MR) is 143 cm³/mol. The van der Waals surface area contributed by atoms with Gasteiger partial charge in [-0.3, -0.25) is 9.59 Å². The Balaban J connectivity index is 1.57. The maximum Gasteiger partial charge on any atom is 0.338 e. The van der Waals surface area contributed by atoms with Crippen molar-refractivity contribution in [1.29, 1.82) is 0 Å². The van der Waals surface area contributed by atoms with Crippen molar-refractivity contribution < 1.29 is 28.6 Å². The molecule has 3 rings (SSSR count). The highest BCUT2D eigenvalue weighted by Gasteiger charge is 2.18. The summed E-state index contributed by atoms with van der Waals surface area (Å²) in [7, 11) is 1.56. The van der Waals surface area contributed by atoms with E-state index < -0.39 is 11.8 Å². The summed E-state index contributed by atoms with van der Waals surface area (Å²) >= 11 is 0. The number of amides is 2. The first-order valence-electron chi connectivity index (χ1n) is 11.9. The lowest BCUT2D eigenvalue weighted by Gasteiger charge is -2.14. The van der Waals surface area contributed by atoms with Crippen molar-refractivity contribution in [3.05, 3.63) is 107 Å². The number of anilines is 1. The molecule has 0 unspecified atom stereocenters. The summed E-state index contributed by atoms with van der Waals surface area (Å²) in [6, 6.07) is 19.2. The lowest BCUT2D eigenvalue weighted by atomic mass is 10.0. The smallest absolute Gasteiger partial charge is 0.338 e. The van der Waals surface area contributed by atoms with Gasteiger partial charge in [-0.25, -0.2) is 4.79 Å². The molecule has 198 valence electrons. The van der Waals surface area contributed by atoms with Gasteiger partial charge >= 0.3 is 5.97 Å². The molecule has 38 heavy (non-hydrogen) atoms. The number of hydrogen-bond donors (Lipinski definition) is 3. The van der Waals surface area contributed by atoms with Crippen LogP contribution in [0.5, 0.6) is 5.75 Å². The van der Waals surface area contributed by atoms with Crippen molar-refractivity contribution in [2.24, 2.45) is 0 Å². The van der Waals surface area contributed by atoms with Crippen molar-refractivity contribution >= 4 is 23.5 Å². The summed E-state index contributed by atoms with van der Waals surface area (Å²) in [6.45, 7) is 6.32. The van der Waals surface area contributed by atoms with Crippen LogP contribution < -0.4 is 21.1 Å². The van der Waals surface area contributed by atoms with Gasteiger partial charge in [-0.05, 0) is 53.9 Å². The van der Waals surface area contributed by atoms with Gasteiger partial charge in [0.25, 0.3) is 11.8 Å². The zero-order valence-electron chi connectivity index (χ0n) is 21.4. The van der Waals surface area contributed by atoms with E-state index >= 15 is 0 Å². The van der Waals surface area contributed by atoms with E-state index in [2.05, 4.69) is 17.2 Å². The Labute approximate surface area is 221 Å². The fourth-order valence-electron chi connectivity index (χ4n) is 3.58. The van der Waals surface area contributed by atoms with E-state index in [0.717, 1.165) is 11.1 Å². The zero-order chi connectivity index (χ0) is 27.5. The number of ether oxygens (including phenoxy) is 3. The van der Waals surface area contributed by atoms with E-state index in [9.17, 15) is 14.4 Å². The molecule has 0 aromatic heterocycles. The third-order valence-corrected chi connectivity index (χ3v) is 5.53. The van der Waals surface area contributed by atoms with Gasteiger partial charge in [-0.15, -0.1) is 0 Å². The van der Waals surface area contributed by atoms with Gasteiger partial charge in [-0.1, -0.05) is 43.0 Å². The van der Waals surface area contributed by atoms with Gasteiger partial charge < -0.3 is 30.6 Å². The predicted octanol–water partition coefficient (Wildman–Crippen LogP) is 3.73. The first-order valence-corrected chi connectivity index (χ1v) is 11.9. The molecule has 9 heteroatoms. The van der Waals surface area contributed by atoms with E-state index in [1.54, 1.807) is 68.6 Å². The molecule has 0 aliphatic carbocycles. The molecule has 0 saturated heterocycles. The number of esters is 1. The van der Waals surface area contributed by atoms with Crippen LogP contribution in [0.1, 0.15) is 44.3 Å². The molecule has 0 radical (unpaired) electrons. The molecule has 0 fully saturated rings. The molecular formula is C29H31N3O6. The van der Waals surface area contributed by atoms with Crippen LogP contribution in [0, 0.1) is 0 Å². The molecule has 0 atom stereocenters. The summed E-state index contributed by atoms with van der Waals surface area (Å²) in [6.07, 6.45) is 0. The molecule has 0 aliphatic heterocycles. The molecule has 0 bridgehead atoms. The topological polar surface area (TPSA) is 129 Å². The Morgan fingerprint density at radius 3 is 2.39 bits per heavy atom. The first kappa shape index (κ1) is 27.9. The summed E-state index contributed by atoms with van der Waals surface area (Å²) < 4.78 is 16.0. The van der Waals surface area contributed by atoms with Gasteiger partial charge in [0.1, 0.15) is 5.75 Å². The third-order valence-electron chi connectivity index (χ3n) is 5.53. The second-order valence-electron chi connectivity index (χ2n) is 8.26. The molecule has 0 heterocycles. The molecule has 2 amide bonds. The number of methoxy groups -OCH3 is 1. The summed E-state index contributed by atoms with van der Waals surface area (Å²) in [5.74, 6) is -0.806. The minimum Gasteiger partial charge on any atom is -0.497 e. The minimum absolute atomic E-state index is 0.0991. The second-order valence-corrected chi connectivity index (χ2v) is 8.26. The molecule has 3 aromatic rings. The molecule has 9 nitrogen and oxygen atoms in total. The van der Waals surface area contributed by atoms with Crippen LogP contribution in [-0.4, -0.2) is 31.5 Å². The van der Waals surface area contributed by atoms with Crippen LogP contribution in [0.3, 0.4) is 0 Å². The first-order chi connectivity index (χ1) is 18.3. The number of benzene rings is 3. The van der Waals surface area contributed by atoms with Crippen LogP contribution >= 0.6 is 0 Å². The second kappa shape index (κ2) is 13.6. The third kappa shape index (κ3) is 7.68. The number of nitrogens with one attached hydrogen (secondary N) is 2. The molecule has 4 N–H and O–H groups in total. The molecular weight excluding hydrogens is 486 g/mol. The van der Waals surface area contributed by atoms with Crippen molar-refractivity contribution in [3.8, 4) is 5.75 Å². The highest BCUT2D eigenvalue weighted by atomic mass is 16.5. The van der Waals surface area contributed by atoms with Gasteiger partial charge in [-0.2, -0.15) is 0 Å². The lowest BCUT2D eigenvalue weighted by Crippen LogP contribution is -2.34. The van der Waals surface area contributed by atoms with Crippen molar-refractivity contribution in [2.45, 2.75) is 26.7 Å². The highest BCUT2D eigenvalue weighted by Crippen LogP contribution is 2.19. The fraction of sp³-hybridized carbons (Fsp3) is 0.207. The van der Waals surface area contributed by atoms with Crippen molar-refractivity contribution in [2.75, 3.05) is 19.5 Å². The fourth-order valence-corrected chi connectivity index (χ4v) is 3.58. The Kier molecular flexibility index (Phi) is 10.0. The Bertz CT molecular complexity index is 1300. The normalized spacial score (nSPS) is 10.4. The number of hydrogen-bond acceptors (Lipinski definition) is 7. The molecule has 0 spiro atoms. The number of nitrogens with two attached hydrogens (primary N) is 1. The number of carbonyl (C=O) groups is 3. The SMILES string of the molecule is C=C(NC(=O)c1c(N)cccc1COCc1ccc(C(=O)OCC)cc1)C(=O)NCc1cccc(OC)c1. The molecule has 3 aromatic carbocycles. The highest BCUT2D eigenvalue weighted by molar-refractivity contribution is 6.05. The van der Waals surface area contributed by atoms with E-state index in [-0.39, 0.29) is 42.7 Å². The van der Waals surface area contributed by atoms with E-state index in [0.29, 0.717) is 23.5 Å². The van der Waals surface area contributed by atoms with Crippen LogP contribution in [0.15, 0.2) is 79.0 Å². The van der Waals surface area contributed by atoms with Crippen molar-refractivity contribution in [3.63, 3.8) is 0 Å². The van der Waals surface area contributed by atoms with Gasteiger partial charge in [0.05, 0.1) is 43.8 Å². The Hall–Kier alpha value is -4.63. The Morgan fingerprint density at radius 2 is 1.68 bits per heavy atom. The number of nitrogen functional groups attached to an aromatic ring is 1. The summed E-state index contributed by atoms with van der Waals surface area (Å²) in [4.78, 5) is 37.3. The largest absolute Gasteiger partial charge is 0.497 e. The van der Waals surface area contributed by atoms with E-state index in [1.165, 1.54) is 0 Å². The summed E-state index contributed by atoms with van der Waals surface area (Å²) in [5, 5.41) is 5.23. The van der Waals surface area contributed by atoms with Gasteiger partial charge in [0.2, 0.25) is 0 Å². The minimum atomic E-state index is -0.568. The average molecular weight is 518 g/mol. The zero-order valence-corrected chi connectivity index (χ0v) is 21.4. The van der Waals surface area contributed by atoms with Crippen LogP contribution in [0.25, 0.3) is 0 Å². The van der Waals surface area contributed by atoms with Crippen LogP contribution in [0.2, 0.25) is 0 Å². The standard InChI is InChI=1S/C29H31N3O6/c1-4-38-29(35)22-13-11-20(12-14-22)17-37-18-23-8-6-10-25(30)26(23)28(34)32-19(2)27(33)31-16-21-7-5-9-24(15-21)36-3/h5-15H,2,4,16-18,30H2,1,3H3,(H,31,33)(H,32,34). The van der Waals surface area contributed by atoms with Gasteiger partial charge in [0, 0.05) is 12.2 Å². The van der Waals surface area contributed by atoms with E-state index in [4.69, 9.17) is 19.9 Å². The Morgan fingerprint density at radius 1 is 0.947 bits per heavy atom. The van der Waals surface area contributed by atoms with E-state index in [1.807, 2.05) is 12.1 Å². The van der Waals surface area contributed by atoms with Gasteiger partial charge in [0.15, 0.2) is 0 Å². The van der Waals surface area contributed by atoms with Crippen molar-refractivity contribution in [1.82, 2.24) is 10.6 Å². The quantitative estimate of drug-likeness (QED) is 0.190.